The number of hydrogen-bond acceptors (Lipinski definition) is 5. The Labute approximate surface area is 215 Å². The van der Waals surface area contributed by atoms with Crippen LogP contribution in [0.2, 0.25) is 10.0 Å². The summed E-state index contributed by atoms with van der Waals surface area (Å²) in [6.07, 6.45) is 2.66. The predicted molar refractivity (Wildman–Crippen MR) is 135 cm³/mol. The van der Waals surface area contributed by atoms with E-state index in [-0.39, 0.29) is 30.6 Å². The van der Waals surface area contributed by atoms with Gasteiger partial charge in [0.1, 0.15) is 6.54 Å². The van der Waals surface area contributed by atoms with Gasteiger partial charge >= 0.3 is 0 Å². The molecule has 1 aliphatic carbocycles. The molecule has 2 aliphatic heterocycles. The number of carbonyl (C=O) groups excluding carboxylic acids is 2. The third-order valence-corrected chi connectivity index (χ3v) is 7.91. The number of fused-ring (bicyclic) bond motifs is 1. The smallest absolute Gasteiger partial charge is 0.274 e. The molecule has 0 unspecified atom stereocenters. The number of aromatic nitrogens is 2. The average Bonchev–Trinajstić information content (AvgIpc) is 3.44. The number of rotatable bonds is 4. The van der Waals surface area contributed by atoms with E-state index in [0.29, 0.717) is 55.0 Å². The van der Waals surface area contributed by atoms with Gasteiger partial charge in [0.25, 0.3) is 5.91 Å². The zero-order valence-electron chi connectivity index (χ0n) is 20.2. The number of benzene rings is 1. The maximum absolute atomic E-state index is 13.3. The first-order valence-corrected chi connectivity index (χ1v) is 13.1. The van der Waals surface area contributed by atoms with Gasteiger partial charge in [0.15, 0.2) is 5.69 Å². The minimum atomic E-state index is -0.0524. The van der Waals surface area contributed by atoms with Crippen molar-refractivity contribution in [2.24, 2.45) is 0 Å². The van der Waals surface area contributed by atoms with Crippen molar-refractivity contribution in [2.45, 2.75) is 51.9 Å². The fraction of sp³-hybridized carbons (Fsp3) is 0.560. The first-order valence-electron chi connectivity index (χ1n) is 12.3. The molecule has 10 heteroatoms. The third-order valence-electron chi connectivity index (χ3n) is 7.11. The Morgan fingerprint density at radius 3 is 2.46 bits per heavy atom. The Hall–Kier alpha value is -2.29. The summed E-state index contributed by atoms with van der Waals surface area (Å²) in [5.41, 5.74) is 3.44. The second-order valence-corrected chi connectivity index (χ2v) is 10.5. The largest absolute Gasteiger partial charge is 0.372 e. The van der Waals surface area contributed by atoms with Gasteiger partial charge in [-0.1, -0.05) is 29.3 Å². The monoisotopic (exact) mass is 519 g/mol. The molecule has 0 radical (unpaired) electrons. The molecule has 0 spiro atoms. The average molecular weight is 520 g/mol. The van der Waals surface area contributed by atoms with E-state index in [2.05, 4.69) is 10.00 Å². The van der Waals surface area contributed by atoms with E-state index in [1.54, 1.807) is 10.7 Å². The normalized spacial score (nSPS) is 22.5. The van der Waals surface area contributed by atoms with Crippen molar-refractivity contribution in [2.75, 3.05) is 44.2 Å². The van der Waals surface area contributed by atoms with Crippen molar-refractivity contribution in [3.05, 3.63) is 45.2 Å². The lowest BCUT2D eigenvalue weighted by Crippen LogP contribution is -2.50. The van der Waals surface area contributed by atoms with Gasteiger partial charge in [-0.3, -0.25) is 14.3 Å². The molecule has 188 valence electrons. The van der Waals surface area contributed by atoms with Gasteiger partial charge in [-0.05, 0) is 45.2 Å². The van der Waals surface area contributed by atoms with Crippen LogP contribution in [0.3, 0.4) is 0 Å². The van der Waals surface area contributed by atoms with Crippen molar-refractivity contribution >= 4 is 40.7 Å². The number of ether oxygens (including phenoxy) is 1. The summed E-state index contributed by atoms with van der Waals surface area (Å²) < 4.78 is 7.55. The first-order chi connectivity index (χ1) is 16.8. The van der Waals surface area contributed by atoms with Gasteiger partial charge in [0.2, 0.25) is 5.91 Å². The maximum atomic E-state index is 13.3. The van der Waals surface area contributed by atoms with Crippen LogP contribution in [0.15, 0.2) is 18.2 Å². The number of carbonyl (C=O) groups is 2. The predicted octanol–water partition coefficient (Wildman–Crippen LogP) is 3.28. The van der Waals surface area contributed by atoms with Crippen LogP contribution in [0.1, 0.15) is 42.0 Å². The lowest BCUT2D eigenvalue weighted by molar-refractivity contribution is -0.132. The fourth-order valence-electron chi connectivity index (χ4n) is 5.47. The lowest BCUT2D eigenvalue weighted by atomic mass is 10.1. The summed E-state index contributed by atoms with van der Waals surface area (Å²) >= 11 is 12.6. The summed E-state index contributed by atoms with van der Waals surface area (Å²) in [7, 11) is 0. The summed E-state index contributed by atoms with van der Waals surface area (Å²) in [4.78, 5) is 32.4. The zero-order valence-corrected chi connectivity index (χ0v) is 21.7. The maximum Gasteiger partial charge on any atom is 0.274 e. The Bertz CT molecular complexity index is 1120. The number of piperazine rings is 1. The van der Waals surface area contributed by atoms with Crippen molar-refractivity contribution in [1.82, 2.24) is 19.6 Å². The SMILES string of the molecule is C[C@@H]1CN(C(=O)c2nn(CC(=O)N3CCN(c4cccc(Cl)c4Cl)CC3)c3c2CCC3)C[C@H](C)O1. The molecule has 0 N–H and O–H groups in total. The van der Waals surface area contributed by atoms with E-state index in [9.17, 15) is 9.59 Å². The van der Waals surface area contributed by atoms with E-state index in [1.165, 1.54) is 0 Å². The number of anilines is 1. The fourth-order valence-corrected chi connectivity index (χ4v) is 5.88. The van der Waals surface area contributed by atoms with Crippen LogP contribution in [0.5, 0.6) is 0 Å². The summed E-state index contributed by atoms with van der Waals surface area (Å²) in [5.74, 6) is -0.0324. The van der Waals surface area contributed by atoms with Crippen LogP contribution in [-0.2, 0) is 28.9 Å². The number of amides is 2. The van der Waals surface area contributed by atoms with Crippen LogP contribution >= 0.6 is 23.2 Å². The second kappa shape index (κ2) is 9.99. The van der Waals surface area contributed by atoms with Crippen molar-refractivity contribution in [1.29, 1.82) is 0 Å². The molecule has 1 aromatic carbocycles. The van der Waals surface area contributed by atoms with Gasteiger partial charge in [-0.15, -0.1) is 0 Å². The molecule has 5 rings (SSSR count). The molecule has 1 aromatic heterocycles. The van der Waals surface area contributed by atoms with E-state index < -0.39 is 0 Å². The number of morpholine rings is 1. The van der Waals surface area contributed by atoms with Crippen LogP contribution in [0.4, 0.5) is 5.69 Å². The van der Waals surface area contributed by atoms with Gasteiger partial charge in [-0.25, -0.2) is 0 Å². The molecular weight excluding hydrogens is 489 g/mol. The van der Waals surface area contributed by atoms with E-state index >= 15 is 0 Å². The third kappa shape index (κ3) is 4.88. The van der Waals surface area contributed by atoms with E-state index in [0.717, 1.165) is 36.2 Å². The highest BCUT2D eigenvalue weighted by Gasteiger charge is 2.33. The highest BCUT2D eigenvalue weighted by Crippen LogP contribution is 2.33. The van der Waals surface area contributed by atoms with Gasteiger partial charge < -0.3 is 19.4 Å². The number of halogens is 2. The van der Waals surface area contributed by atoms with Gasteiger partial charge in [0.05, 0.1) is 27.9 Å². The van der Waals surface area contributed by atoms with Crippen molar-refractivity contribution in [3.8, 4) is 0 Å². The molecule has 2 atom stereocenters. The van der Waals surface area contributed by atoms with Gasteiger partial charge in [-0.2, -0.15) is 5.10 Å². The minimum absolute atomic E-state index is 0.000119. The molecule has 0 bridgehead atoms. The Morgan fingerprint density at radius 1 is 1.03 bits per heavy atom. The quantitative estimate of drug-likeness (QED) is 0.619. The molecule has 2 saturated heterocycles. The van der Waals surface area contributed by atoms with Crippen LogP contribution in [0, 0.1) is 0 Å². The summed E-state index contributed by atoms with van der Waals surface area (Å²) in [5, 5.41) is 5.74. The summed E-state index contributed by atoms with van der Waals surface area (Å²) in [6.45, 7) is 7.80. The van der Waals surface area contributed by atoms with Crippen LogP contribution < -0.4 is 4.90 Å². The van der Waals surface area contributed by atoms with Crippen LogP contribution in [0.25, 0.3) is 0 Å². The Balaban J connectivity index is 1.26. The molecule has 0 saturated carbocycles. The molecular formula is C25H31Cl2N5O3. The van der Waals surface area contributed by atoms with Crippen molar-refractivity contribution < 1.29 is 14.3 Å². The standard InChI is InChI=1S/C25H31Cl2N5O3/c1-16-13-31(14-17(2)35-16)25(34)24-18-5-3-7-20(18)32(28-24)15-22(33)30-11-9-29(10-12-30)21-8-4-6-19(26)23(21)27/h4,6,8,16-17H,3,5,7,9-15H2,1-2H3/t16-,17+. The van der Waals surface area contributed by atoms with Crippen molar-refractivity contribution in [3.63, 3.8) is 0 Å². The molecule has 8 nitrogen and oxygen atoms in total. The van der Waals surface area contributed by atoms with E-state index in [1.807, 2.05) is 35.8 Å². The first kappa shape index (κ1) is 24.4. The Kier molecular flexibility index (Phi) is 6.97. The highest BCUT2D eigenvalue weighted by atomic mass is 35.5. The highest BCUT2D eigenvalue weighted by molar-refractivity contribution is 6.43. The Morgan fingerprint density at radius 2 is 1.74 bits per heavy atom. The van der Waals surface area contributed by atoms with Gasteiger partial charge in [0, 0.05) is 50.5 Å². The zero-order chi connectivity index (χ0) is 24.7. The molecule has 3 aliphatic rings. The minimum Gasteiger partial charge on any atom is -0.372 e. The molecule has 2 amide bonds. The summed E-state index contributed by atoms with van der Waals surface area (Å²) in [6, 6.07) is 5.61. The van der Waals surface area contributed by atoms with E-state index in [4.69, 9.17) is 27.9 Å². The number of hydrogen-bond donors (Lipinski definition) is 0. The molecule has 35 heavy (non-hydrogen) atoms. The second-order valence-electron chi connectivity index (χ2n) is 9.69. The van der Waals surface area contributed by atoms with Crippen LogP contribution in [-0.4, -0.2) is 82.9 Å². The molecule has 3 heterocycles. The molecule has 2 aromatic rings. The lowest BCUT2D eigenvalue weighted by Gasteiger charge is -2.36. The number of nitrogens with zero attached hydrogens (tertiary/aromatic N) is 5. The topological polar surface area (TPSA) is 70.9 Å². The molecule has 2 fully saturated rings.